The van der Waals surface area contributed by atoms with E-state index in [4.69, 9.17) is 0 Å². The Morgan fingerprint density at radius 3 is 0.250 bits per heavy atom. The summed E-state index contributed by atoms with van der Waals surface area (Å²) >= 11 is 0. The van der Waals surface area contributed by atoms with Gasteiger partial charge in [0.1, 0.15) is 0 Å². The summed E-state index contributed by atoms with van der Waals surface area (Å²) in [5.74, 6) is 0. The molecule has 8 heteroatoms. The van der Waals surface area contributed by atoms with E-state index in [1.165, 1.54) is 0 Å². The van der Waals surface area contributed by atoms with E-state index in [1.54, 1.807) is 0 Å². The zero-order chi connectivity index (χ0) is 0. The molecule has 0 amide bonds. The van der Waals surface area contributed by atoms with E-state index >= 15 is 0 Å². The molecule has 0 spiro atoms. The van der Waals surface area contributed by atoms with Crippen molar-refractivity contribution in [3.63, 3.8) is 0 Å². The largest absolute Gasteiger partial charge is 0.412 e. The minimum Gasteiger partial charge on any atom is -0.412 e. The monoisotopic (exact) mass is 264 g/mol. The summed E-state index contributed by atoms with van der Waals surface area (Å²) in [7, 11) is 0. The molecular weight excluding hydrogens is 255 g/mol. The molecule has 0 aromatic carbocycles. The molecule has 0 saturated carbocycles. The minimum atomic E-state index is 0. The van der Waals surface area contributed by atoms with Crippen LogP contribution in [0.5, 0.6) is 0 Å². The molecule has 48 valence electrons. The van der Waals surface area contributed by atoms with Crippen LogP contribution in [0.3, 0.4) is 0 Å². The Hall–Kier alpha value is 2.70. The molecule has 8 N–H and O–H groups in total. The van der Waals surface area contributed by atoms with E-state index in [0.29, 0.717) is 0 Å². The van der Waals surface area contributed by atoms with Crippen LogP contribution in [0.4, 0.5) is 0 Å². The molecule has 4 nitrogen and oxygen atoms in total. The Labute approximate surface area is 107 Å². The maximum atomic E-state index is 0. The number of rotatable bonds is 0. The molecule has 0 aromatic heterocycles. The van der Waals surface area contributed by atoms with Crippen LogP contribution in [0.2, 0.25) is 0 Å². The van der Waals surface area contributed by atoms with Gasteiger partial charge < -0.3 is 21.9 Å². The summed E-state index contributed by atoms with van der Waals surface area (Å²) in [5, 5.41) is 0. The molecule has 0 bridgehead atoms. The average molecular weight is 264 g/mol. The van der Waals surface area contributed by atoms with Gasteiger partial charge in [-0.15, -0.1) is 0 Å². The van der Waals surface area contributed by atoms with Gasteiger partial charge in [0.15, 0.2) is 0 Å². The van der Waals surface area contributed by atoms with Crippen LogP contribution in [0.15, 0.2) is 0 Å². The van der Waals surface area contributed by atoms with Crippen molar-refractivity contribution in [3.8, 4) is 0 Å². The van der Waals surface area contributed by atoms with Crippen molar-refractivity contribution < 1.29 is 109 Å². The van der Waals surface area contributed by atoms with Gasteiger partial charge in [0, 0.05) is 86.9 Å². The fraction of sp³-hybridized carbons (Fsp3) is 0. The van der Waals surface area contributed by atoms with Crippen molar-refractivity contribution >= 4 is 0 Å². The molecule has 0 saturated heterocycles. The predicted octanol–water partition coefficient (Wildman–Crippen LogP) is -3.31. The average Bonchev–Trinajstić information content (AvgIpc) is 0. The second-order valence-electron chi connectivity index (χ2n) is 0. The first-order valence-electron chi connectivity index (χ1n) is 0. The van der Waals surface area contributed by atoms with Crippen molar-refractivity contribution in [1.29, 1.82) is 0 Å². The first kappa shape index (κ1) is 138. The second-order valence-corrected chi connectivity index (χ2v) is 0. The van der Waals surface area contributed by atoms with Crippen LogP contribution < -0.4 is 0 Å². The molecule has 0 unspecified atom stereocenters. The van der Waals surface area contributed by atoms with Gasteiger partial charge in [-0.3, -0.25) is 0 Å². The van der Waals surface area contributed by atoms with Gasteiger partial charge >= 0.3 is 0 Å². The summed E-state index contributed by atoms with van der Waals surface area (Å²) in [6, 6.07) is 0. The zero-order valence-electron chi connectivity index (χ0n) is 4.00. The molecule has 0 fully saturated rings. The van der Waals surface area contributed by atoms with Crippen molar-refractivity contribution in [1.82, 2.24) is 0 Å². The molecule has 0 aromatic rings. The van der Waals surface area contributed by atoms with Gasteiger partial charge in [-0.25, -0.2) is 0 Å². The Morgan fingerprint density at radius 1 is 0.250 bits per heavy atom. The van der Waals surface area contributed by atoms with E-state index in [2.05, 4.69) is 0 Å². The van der Waals surface area contributed by atoms with Crippen LogP contribution in [0.25, 0.3) is 0 Å². The van der Waals surface area contributed by atoms with Gasteiger partial charge in [-0.2, -0.15) is 0 Å². The number of hydrogen-bond acceptors (Lipinski definition) is 0. The number of hydrogen-bond donors (Lipinski definition) is 0. The molecule has 0 atom stereocenters. The van der Waals surface area contributed by atoms with E-state index in [0.717, 1.165) is 0 Å². The van der Waals surface area contributed by atoms with Crippen molar-refractivity contribution in [2.45, 2.75) is 0 Å². The molecule has 0 heterocycles. The fourth-order valence-electron chi connectivity index (χ4n) is 0. The Balaban J connectivity index is 0. The van der Waals surface area contributed by atoms with Gasteiger partial charge in [-0.05, 0) is 0 Å². The zero-order valence-corrected chi connectivity index (χ0v) is 10.2. The summed E-state index contributed by atoms with van der Waals surface area (Å²) < 4.78 is 0. The van der Waals surface area contributed by atoms with Crippen LogP contribution in [0, 0.1) is 0 Å². The first-order chi connectivity index (χ1) is 0. The Bertz CT molecular complexity index is 8.00. The van der Waals surface area contributed by atoms with Crippen LogP contribution in [0.1, 0.15) is 0 Å². The van der Waals surface area contributed by atoms with Crippen LogP contribution in [-0.2, 0) is 86.9 Å². The van der Waals surface area contributed by atoms with E-state index in [9.17, 15) is 0 Å². The minimum absolute atomic E-state index is 0. The van der Waals surface area contributed by atoms with Crippen LogP contribution >= 0.6 is 0 Å². The molecule has 0 aliphatic carbocycles. The van der Waals surface area contributed by atoms with Gasteiger partial charge in [0.2, 0.25) is 0 Å². The van der Waals surface area contributed by atoms with Gasteiger partial charge in [-0.1, -0.05) is 0 Å². The van der Waals surface area contributed by atoms with Gasteiger partial charge in [0.05, 0.1) is 0 Å². The van der Waals surface area contributed by atoms with E-state index in [1.807, 2.05) is 0 Å². The summed E-state index contributed by atoms with van der Waals surface area (Å²) in [6.45, 7) is 0. The fourth-order valence-corrected chi connectivity index (χ4v) is 0. The predicted molar refractivity (Wildman–Crippen MR) is 14.5 cm³/mol. The molecular formula is H8O4Ti4. The standard InChI is InChI=1S/4H2O.4Ti/h4*1H2;;;;. The Kier molecular flexibility index (Phi) is 1740. The second kappa shape index (κ2) is 101. The maximum Gasteiger partial charge on any atom is 0 e. The normalized spacial score (nSPS) is 0. The molecule has 8 heavy (non-hydrogen) atoms. The molecule has 0 aliphatic heterocycles. The summed E-state index contributed by atoms with van der Waals surface area (Å²) in [6.07, 6.45) is 0. The van der Waals surface area contributed by atoms with E-state index < -0.39 is 0 Å². The Morgan fingerprint density at radius 2 is 0.250 bits per heavy atom. The topological polar surface area (TPSA) is 126 Å². The maximum absolute atomic E-state index is 0. The molecule has 0 aliphatic rings. The van der Waals surface area contributed by atoms with Crippen molar-refractivity contribution in [2.75, 3.05) is 0 Å². The third kappa shape index (κ3) is 70.8. The third-order valence-corrected chi connectivity index (χ3v) is 0. The quantitative estimate of drug-likeness (QED) is 0.406. The molecule has 0 radical (unpaired) electrons. The van der Waals surface area contributed by atoms with E-state index in [-0.39, 0.29) is 109 Å². The van der Waals surface area contributed by atoms with Crippen molar-refractivity contribution in [2.24, 2.45) is 0 Å². The summed E-state index contributed by atoms with van der Waals surface area (Å²) in [5.41, 5.74) is 0. The summed E-state index contributed by atoms with van der Waals surface area (Å²) in [4.78, 5) is 0. The van der Waals surface area contributed by atoms with Gasteiger partial charge in [0.25, 0.3) is 0 Å². The van der Waals surface area contributed by atoms with Crippen molar-refractivity contribution in [3.05, 3.63) is 0 Å². The third-order valence-electron chi connectivity index (χ3n) is 0. The smallest absolute Gasteiger partial charge is 0 e. The first-order valence-corrected chi connectivity index (χ1v) is 0. The molecule has 0 rings (SSSR count). The van der Waals surface area contributed by atoms with Crippen LogP contribution in [-0.4, -0.2) is 21.9 Å². The SMILES string of the molecule is O.O.O.O.[Ti].[Ti].[Ti].[Ti].